The second-order valence-corrected chi connectivity index (χ2v) is 7.85. The molecule has 32 heavy (non-hydrogen) atoms. The molecule has 4 heterocycles. The summed E-state index contributed by atoms with van der Waals surface area (Å²) in [7, 11) is 0. The molecule has 0 atom stereocenters. The third-order valence-electron chi connectivity index (χ3n) is 4.84. The fraction of sp³-hybridized carbons (Fsp3) is 0.0435. The van der Waals surface area contributed by atoms with Crippen molar-refractivity contribution < 1.29 is 9.18 Å². The van der Waals surface area contributed by atoms with Crippen molar-refractivity contribution in [3.8, 4) is 22.8 Å². The van der Waals surface area contributed by atoms with Gasteiger partial charge in [0.25, 0.3) is 5.91 Å². The van der Waals surface area contributed by atoms with Gasteiger partial charge in [-0.25, -0.2) is 14.1 Å². The first kappa shape index (κ1) is 19.8. The summed E-state index contributed by atoms with van der Waals surface area (Å²) in [6.45, 7) is 0.293. The molecule has 0 radical (unpaired) electrons. The van der Waals surface area contributed by atoms with Gasteiger partial charge in [-0.1, -0.05) is 0 Å². The lowest BCUT2D eigenvalue weighted by molar-refractivity contribution is 0.0951. The third kappa shape index (κ3) is 3.93. The number of nitrogens with zero attached hydrogens (tertiary/aromatic N) is 5. The number of pyridine rings is 1. The van der Waals surface area contributed by atoms with E-state index in [0.29, 0.717) is 23.6 Å². The molecule has 1 N–H and O–H groups in total. The van der Waals surface area contributed by atoms with Crippen LogP contribution < -0.4 is 5.32 Å². The van der Waals surface area contributed by atoms with Crippen LogP contribution in [0.1, 0.15) is 15.4 Å². The van der Waals surface area contributed by atoms with Crippen molar-refractivity contribution in [2.45, 2.75) is 6.54 Å². The minimum Gasteiger partial charge on any atom is -0.345 e. The molecule has 9 heteroatoms. The lowest BCUT2D eigenvalue weighted by Crippen LogP contribution is -2.24. The van der Waals surface area contributed by atoms with Gasteiger partial charge in [-0.3, -0.25) is 9.78 Å². The van der Waals surface area contributed by atoms with Gasteiger partial charge in [0.1, 0.15) is 16.4 Å². The minimum atomic E-state index is -0.337. The largest absolute Gasteiger partial charge is 0.345 e. The molecule has 7 nitrogen and oxygen atoms in total. The third-order valence-corrected chi connectivity index (χ3v) is 5.69. The Kier molecular flexibility index (Phi) is 5.30. The van der Waals surface area contributed by atoms with E-state index in [1.54, 1.807) is 33.8 Å². The summed E-state index contributed by atoms with van der Waals surface area (Å²) < 4.78 is 16.8. The smallest absolute Gasteiger partial charge is 0.257 e. The van der Waals surface area contributed by atoms with Gasteiger partial charge in [-0.2, -0.15) is 5.10 Å². The van der Waals surface area contributed by atoms with E-state index in [2.05, 4.69) is 20.4 Å². The molecule has 0 fully saturated rings. The Morgan fingerprint density at radius 2 is 1.81 bits per heavy atom. The zero-order chi connectivity index (χ0) is 21.9. The normalized spacial score (nSPS) is 10.9. The quantitative estimate of drug-likeness (QED) is 0.425. The Morgan fingerprint density at radius 1 is 1.06 bits per heavy atom. The van der Waals surface area contributed by atoms with E-state index in [4.69, 9.17) is 0 Å². The first-order valence-corrected chi connectivity index (χ1v) is 10.7. The second kappa shape index (κ2) is 8.56. The molecule has 158 valence electrons. The van der Waals surface area contributed by atoms with Crippen LogP contribution in [0.2, 0.25) is 0 Å². The van der Waals surface area contributed by atoms with Crippen LogP contribution in [0.5, 0.6) is 0 Å². The van der Waals surface area contributed by atoms with Crippen molar-refractivity contribution in [2.75, 3.05) is 0 Å². The van der Waals surface area contributed by atoms with Gasteiger partial charge < -0.3 is 9.88 Å². The van der Waals surface area contributed by atoms with Crippen LogP contribution in [0.4, 0.5) is 4.39 Å². The number of hydrogen-bond donors (Lipinski definition) is 1. The highest BCUT2D eigenvalue weighted by molar-refractivity contribution is 7.09. The maximum atomic E-state index is 13.4. The number of carbonyl (C=O) groups is 1. The number of amides is 1. The van der Waals surface area contributed by atoms with Gasteiger partial charge in [0, 0.05) is 35.7 Å². The molecule has 4 aromatic heterocycles. The zero-order valence-corrected chi connectivity index (χ0v) is 17.5. The first-order chi connectivity index (χ1) is 15.7. The first-order valence-electron chi connectivity index (χ1n) is 9.79. The number of rotatable bonds is 6. The number of carbonyl (C=O) groups excluding carboxylic acids is 1. The molecule has 0 aliphatic heterocycles. The number of thiazole rings is 1. The highest BCUT2D eigenvalue weighted by Gasteiger charge is 2.20. The molecule has 0 unspecified atom stereocenters. The van der Waals surface area contributed by atoms with E-state index in [1.165, 1.54) is 29.7 Å². The van der Waals surface area contributed by atoms with Crippen LogP contribution in [0, 0.1) is 5.82 Å². The summed E-state index contributed by atoms with van der Waals surface area (Å²) in [5.41, 5.74) is 2.87. The molecule has 5 rings (SSSR count). The molecule has 5 aromatic rings. The highest BCUT2D eigenvalue weighted by atomic mass is 32.1. The molecule has 0 aliphatic rings. The van der Waals surface area contributed by atoms with E-state index >= 15 is 0 Å². The van der Waals surface area contributed by atoms with E-state index in [0.717, 1.165) is 16.3 Å². The maximum Gasteiger partial charge on any atom is 0.257 e. The zero-order valence-electron chi connectivity index (χ0n) is 16.7. The van der Waals surface area contributed by atoms with Crippen molar-refractivity contribution in [3.63, 3.8) is 0 Å². The predicted molar refractivity (Wildman–Crippen MR) is 119 cm³/mol. The Labute approximate surface area is 186 Å². The van der Waals surface area contributed by atoms with Crippen LogP contribution in [0.15, 0.2) is 84.9 Å². The molecule has 0 saturated heterocycles. The Balaban J connectivity index is 1.39. The predicted octanol–water partition coefficient (Wildman–Crippen LogP) is 4.25. The summed E-state index contributed by atoms with van der Waals surface area (Å²) >= 11 is 1.48. The number of aromatic nitrogens is 5. The van der Waals surface area contributed by atoms with Crippen LogP contribution in [-0.2, 0) is 6.54 Å². The van der Waals surface area contributed by atoms with Crippen LogP contribution in [-0.4, -0.2) is 30.2 Å². The van der Waals surface area contributed by atoms with Crippen molar-refractivity contribution in [3.05, 3.63) is 101 Å². The molecule has 0 aliphatic carbocycles. The van der Waals surface area contributed by atoms with Crippen molar-refractivity contribution >= 4 is 17.2 Å². The molecule has 1 amide bonds. The lowest BCUT2D eigenvalue weighted by Gasteiger charge is -2.11. The van der Waals surface area contributed by atoms with E-state index < -0.39 is 0 Å². The molecular formula is C23H17FN6OS. The standard InChI is InChI=1S/C23H17FN6OS/c24-17-3-5-18(6-4-17)30-23(29-11-1-2-12-29)19(13-27-30)22(31)26-14-21-28-20(15-32-21)16-7-9-25-10-8-16/h1-13,15H,14H2,(H,26,31). The molecular weight excluding hydrogens is 427 g/mol. The van der Waals surface area contributed by atoms with Gasteiger partial charge in [0.15, 0.2) is 5.82 Å². The van der Waals surface area contributed by atoms with Crippen molar-refractivity contribution in [1.82, 2.24) is 29.6 Å². The lowest BCUT2D eigenvalue weighted by atomic mass is 10.2. The topological polar surface area (TPSA) is 77.6 Å². The number of benzene rings is 1. The molecule has 0 spiro atoms. The van der Waals surface area contributed by atoms with Crippen LogP contribution in [0.3, 0.4) is 0 Å². The minimum absolute atomic E-state index is 0.275. The molecule has 0 bridgehead atoms. The van der Waals surface area contributed by atoms with Gasteiger partial charge in [0.05, 0.1) is 24.1 Å². The summed E-state index contributed by atoms with van der Waals surface area (Å²) in [6.07, 6.45) is 8.61. The van der Waals surface area contributed by atoms with E-state index in [-0.39, 0.29) is 11.7 Å². The van der Waals surface area contributed by atoms with E-state index in [9.17, 15) is 9.18 Å². The number of hydrogen-bond acceptors (Lipinski definition) is 5. The molecule has 0 saturated carbocycles. The Hall–Kier alpha value is -4.11. The fourth-order valence-electron chi connectivity index (χ4n) is 3.30. The van der Waals surface area contributed by atoms with Crippen LogP contribution in [0.25, 0.3) is 22.8 Å². The average Bonchev–Trinajstić information content (AvgIpc) is 3.59. The van der Waals surface area contributed by atoms with E-state index in [1.807, 2.05) is 42.0 Å². The van der Waals surface area contributed by atoms with Crippen LogP contribution >= 0.6 is 11.3 Å². The monoisotopic (exact) mass is 444 g/mol. The van der Waals surface area contributed by atoms with Crippen molar-refractivity contribution in [2.24, 2.45) is 0 Å². The Morgan fingerprint density at radius 3 is 2.56 bits per heavy atom. The molecule has 1 aromatic carbocycles. The fourth-order valence-corrected chi connectivity index (χ4v) is 4.04. The van der Waals surface area contributed by atoms with Gasteiger partial charge >= 0.3 is 0 Å². The van der Waals surface area contributed by atoms with Gasteiger partial charge in [-0.15, -0.1) is 11.3 Å². The van der Waals surface area contributed by atoms with Gasteiger partial charge in [0.2, 0.25) is 0 Å². The Bertz CT molecular complexity index is 1340. The second-order valence-electron chi connectivity index (χ2n) is 6.91. The average molecular weight is 444 g/mol. The SMILES string of the molecule is O=C(NCc1nc(-c2ccncc2)cs1)c1cnn(-c2ccc(F)cc2)c1-n1cccc1. The summed E-state index contributed by atoms with van der Waals surface area (Å²) in [4.78, 5) is 21.7. The number of halogens is 1. The number of nitrogens with one attached hydrogen (secondary N) is 1. The van der Waals surface area contributed by atoms with Crippen molar-refractivity contribution in [1.29, 1.82) is 0 Å². The summed E-state index contributed by atoms with van der Waals surface area (Å²) in [5.74, 6) is -0.0468. The summed E-state index contributed by atoms with van der Waals surface area (Å²) in [5, 5.41) is 10.1. The highest BCUT2D eigenvalue weighted by Crippen LogP contribution is 2.22. The van der Waals surface area contributed by atoms with Gasteiger partial charge in [-0.05, 0) is 48.5 Å². The summed E-state index contributed by atoms with van der Waals surface area (Å²) in [6, 6.07) is 13.5. The maximum absolute atomic E-state index is 13.4.